The largest absolute Gasteiger partial charge is 0.493 e. The maximum absolute atomic E-state index is 12.6. The zero-order valence-electron chi connectivity index (χ0n) is 13.8. The Morgan fingerprint density at radius 2 is 1.88 bits per heavy atom. The highest BCUT2D eigenvalue weighted by Gasteiger charge is 2.16. The van der Waals surface area contributed by atoms with Gasteiger partial charge in [0.1, 0.15) is 0 Å². The summed E-state index contributed by atoms with van der Waals surface area (Å²) in [6.07, 6.45) is 0.271. The Morgan fingerprint density at radius 3 is 2.58 bits per heavy atom. The van der Waals surface area contributed by atoms with E-state index in [4.69, 9.17) is 9.47 Å². The molecule has 0 aliphatic rings. The summed E-state index contributed by atoms with van der Waals surface area (Å²) in [7, 11) is 4.92. The molecule has 0 atom stereocenters. The van der Waals surface area contributed by atoms with E-state index in [2.05, 4.69) is 4.98 Å². The molecule has 0 aliphatic carbocycles. The van der Waals surface area contributed by atoms with Gasteiger partial charge in [0.25, 0.3) is 0 Å². The summed E-state index contributed by atoms with van der Waals surface area (Å²) in [5, 5.41) is 0.696. The maximum Gasteiger partial charge on any atom is 0.232 e. The van der Waals surface area contributed by atoms with E-state index in [1.165, 1.54) is 11.3 Å². The second-order valence-corrected chi connectivity index (χ2v) is 6.29. The van der Waals surface area contributed by atoms with Gasteiger partial charge in [0.15, 0.2) is 16.6 Å². The van der Waals surface area contributed by atoms with E-state index in [9.17, 15) is 4.79 Å². The summed E-state index contributed by atoms with van der Waals surface area (Å²) < 4.78 is 11.6. The fraction of sp³-hybridized carbons (Fsp3) is 0.222. The number of likely N-dealkylation sites (N-methyl/N-ethyl adjacent to an activating group) is 1. The van der Waals surface area contributed by atoms with Crippen LogP contribution in [0.25, 0.3) is 10.2 Å². The molecule has 0 spiro atoms. The Morgan fingerprint density at radius 1 is 1.12 bits per heavy atom. The number of carbonyl (C=O) groups excluding carboxylic acids is 1. The van der Waals surface area contributed by atoms with Crippen LogP contribution < -0.4 is 14.4 Å². The minimum Gasteiger partial charge on any atom is -0.493 e. The molecule has 0 unspecified atom stereocenters. The molecule has 0 radical (unpaired) electrons. The Bertz CT molecular complexity index is 843. The molecule has 2 aromatic carbocycles. The molecule has 3 rings (SSSR count). The van der Waals surface area contributed by atoms with Gasteiger partial charge in [-0.1, -0.05) is 29.5 Å². The lowest BCUT2D eigenvalue weighted by Gasteiger charge is -2.14. The Hall–Kier alpha value is -2.60. The molecule has 24 heavy (non-hydrogen) atoms. The molecule has 6 heteroatoms. The van der Waals surface area contributed by atoms with Crippen LogP contribution in [0.4, 0.5) is 5.13 Å². The molecule has 0 saturated heterocycles. The standard InChI is InChI=1S/C18H18N2O3S/c1-20(18-19-13-6-4-5-7-16(13)24-18)17(21)11-12-8-9-14(22-2)15(10-12)23-3/h4-10H,11H2,1-3H3. The van der Waals surface area contributed by atoms with Gasteiger partial charge in [0.05, 0.1) is 30.9 Å². The van der Waals surface area contributed by atoms with Crippen molar-refractivity contribution in [1.29, 1.82) is 0 Å². The fourth-order valence-corrected chi connectivity index (χ4v) is 3.34. The lowest BCUT2D eigenvalue weighted by atomic mass is 10.1. The monoisotopic (exact) mass is 342 g/mol. The van der Waals surface area contributed by atoms with Crippen LogP contribution in [0.5, 0.6) is 11.5 Å². The lowest BCUT2D eigenvalue weighted by molar-refractivity contribution is -0.117. The number of ether oxygens (including phenoxy) is 2. The van der Waals surface area contributed by atoms with E-state index in [-0.39, 0.29) is 12.3 Å². The molecule has 0 bridgehead atoms. The molecular weight excluding hydrogens is 324 g/mol. The summed E-state index contributed by atoms with van der Waals surface area (Å²) in [4.78, 5) is 18.7. The van der Waals surface area contributed by atoms with Crippen molar-refractivity contribution < 1.29 is 14.3 Å². The van der Waals surface area contributed by atoms with Gasteiger partial charge in [-0.15, -0.1) is 0 Å². The van der Waals surface area contributed by atoms with E-state index in [1.54, 1.807) is 32.2 Å². The van der Waals surface area contributed by atoms with Crippen LogP contribution in [-0.4, -0.2) is 32.2 Å². The number of aromatic nitrogens is 1. The molecule has 1 aromatic heterocycles. The second kappa shape index (κ2) is 6.88. The van der Waals surface area contributed by atoms with Crippen molar-refractivity contribution in [3.63, 3.8) is 0 Å². The van der Waals surface area contributed by atoms with Gasteiger partial charge in [-0.25, -0.2) is 4.98 Å². The molecule has 1 heterocycles. The first-order chi connectivity index (χ1) is 11.6. The quantitative estimate of drug-likeness (QED) is 0.712. The third-order valence-corrected chi connectivity index (χ3v) is 4.86. The van der Waals surface area contributed by atoms with Crippen molar-refractivity contribution >= 4 is 32.6 Å². The zero-order valence-corrected chi connectivity index (χ0v) is 14.6. The van der Waals surface area contributed by atoms with Gasteiger partial charge >= 0.3 is 0 Å². The highest BCUT2D eigenvalue weighted by molar-refractivity contribution is 7.22. The SMILES string of the molecule is COc1ccc(CC(=O)N(C)c2nc3ccccc3s2)cc1OC. The highest BCUT2D eigenvalue weighted by atomic mass is 32.1. The summed E-state index contributed by atoms with van der Waals surface area (Å²) in [6, 6.07) is 13.4. The number of hydrogen-bond donors (Lipinski definition) is 0. The van der Waals surface area contributed by atoms with Gasteiger partial charge < -0.3 is 9.47 Å². The average Bonchev–Trinajstić information content (AvgIpc) is 3.04. The van der Waals surface area contributed by atoms with E-state index >= 15 is 0 Å². The Balaban J connectivity index is 1.78. The van der Waals surface area contributed by atoms with E-state index < -0.39 is 0 Å². The van der Waals surface area contributed by atoms with Crippen molar-refractivity contribution in [3.05, 3.63) is 48.0 Å². The van der Waals surface area contributed by atoms with Gasteiger partial charge in [0, 0.05) is 7.05 Å². The van der Waals surface area contributed by atoms with E-state index in [1.807, 2.05) is 36.4 Å². The number of methoxy groups -OCH3 is 2. The van der Waals surface area contributed by atoms with E-state index in [0.29, 0.717) is 16.6 Å². The van der Waals surface area contributed by atoms with Crippen LogP contribution >= 0.6 is 11.3 Å². The normalized spacial score (nSPS) is 10.6. The summed E-state index contributed by atoms with van der Waals surface area (Å²) in [5.41, 5.74) is 1.77. The van der Waals surface area contributed by atoms with Crippen molar-refractivity contribution in [1.82, 2.24) is 4.98 Å². The number of carbonyl (C=O) groups is 1. The minimum absolute atomic E-state index is 0.0266. The second-order valence-electron chi connectivity index (χ2n) is 5.28. The topological polar surface area (TPSA) is 51.7 Å². The number of amides is 1. The first kappa shape index (κ1) is 16.3. The number of fused-ring (bicyclic) bond motifs is 1. The van der Waals surface area contributed by atoms with Crippen LogP contribution in [0.2, 0.25) is 0 Å². The molecule has 5 nitrogen and oxygen atoms in total. The first-order valence-corrected chi connectivity index (χ1v) is 8.27. The Labute approximate surface area is 144 Å². The first-order valence-electron chi connectivity index (χ1n) is 7.45. The molecule has 124 valence electrons. The summed E-state index contributed by atoms with van der Waals surface area (Å²) in [6.45, 7) is 0. The number of nitrogens with zero attached hydrogens (tertiary/aromatic N) is 2. The third kappa shape index (κ3) is 3.19. The number of thiazole rings is 1. The van der Waals surface area contributed by atoms with Gasteiger partial charge in [0.2, 0.25) is 5.91 Å². The number of rotatable bonds is 5. The molecule has 0 N–H and O–H groups in total. The molecular formula is C18H18N2O3S. The van der Waals surface area contributed by atoms with Crippen LogP contribution in [0, 0.1) is 0 Å². The Kier molecular flexibility index (Phi) is 4.66. The van der Waals surface area contributed by atoms with Crippen molar-refractivity contribution in [3.8, 4) is 11.5 Å². The maximum atomic E-state index is 12.6. The zero-order chi connectivity index (χ0) is 17.1. The minimum atomic E-state index is -0.0266. The average molecular weight is 342 g/mol. The van der Waals surface area contributed by atoms with Crippen LogP contribution in [0.1, 0.15) is 5.56 Å². The number of benzene rings is 2. The van der Waals surface area contributed by atoms with Crippen molar-refractivity contribution in [2.45, 2.75) is 6.42 Å². The molecule has 0 saturated carbocycles. The van der Waals surface area contributed by atoms with Gasteiger partial charge in [-0.3, -0.25) is 9.69 Å². The van der Waals surface area contributed by atoms with E-state index in [0.717, 1.165) is 15.8 Å². The van der Waals surface area contributed by atoms with Crippen molar-refractivity contribution in [2.75, 3.05) is 26.2 Å². The number of para-hydroxylation sites is 1. The molecule has 3 aromatic rings. The lowest BCUT2D eigenvalue weighted by Crippen LogP contribution is -2.27. The predicted molar refractivity (Wildman–Crippen MR) is 96.3 cm³/mol. The highest BCUT2D eigenvalue weighted by Crippen LogP contribution is 2.30. The molecule has 0 fully saturated rings. The summed E-state index contributed by atoms with van der Waals surface area (Å²) in [5.74, 6) is 1.24. The van der Waals surface area contributed by atoms with Gasteiger partial charge in [-0.2, -0.15) is 0 Å². The molecule has 1 amide bonds. The number of hydrogen-bond acceptors (Lipinski definition) is 5. The fourth-order valence-electron chi connectivity index (χ4n) is 2.39. The van der Waals surface area contributed by atoms with Crippen LogP contribution in [0.3, 0.4) is 0 Å². The number of anilines is 1. The van der Waals surface area contributed by atoms with Gasteiger partial charge in [-0.05, 0) is 29.8 Å². The third-order valence-electron chi connectivity index (χ3n) is 3.75. The van der Waals surface area contributed by atoms with Crippen LogP contribution in [-0.2, 0) is 11.2 Å². The van der Waals surface area contributed by atoms with Crippen molar-refractivity contribution in [2.24, 2.45) is 0 Å². The molecule has 0 aliphatic heterocycles. The van der Waals surface area contributed by atoms with Crippen LogP contribution in [0.15, 0.2) is 42.5 Å². The smallest absolute Gasteiger partial charge is 0.232 e. The predicted octanol–water partition coefficient (Wildman–Crippen LogP) is 3.52. The summed E-state index contributed by atoms with van der Waals surface area (Å²) >= 11 is 1.51.